The molecule has 2 amide bonds. The topological polar surface area (TPSA) is 113 Å². The minimum absolute atomic E-state index is 0.237. The lowest BCUT2D eigenvalue weighted by atomic mass is 10.0. The molecule has 156 valence electrons. The number of hydrogen-bond donors (Lipinski definition) is 4. The number of H-pyrrole nitrogens is 1. The van der Waals surface area contributed by atoms with Crippen molar-refractivity contribution in [3.63, 3.8) is 0 Å². The number of halogens is 1. The molecule has 4 aromatic rings. The summed E-state index contributed by atoms with van der Waals surface area (Å²) in [6.07, 6.45) is 0. The Balaban J connectivity index is 1.30. The summed E-state index contributed by atoms with van der Waals surface area (Å²) in [5, 5.41) is 13.2. The minimum Gasteiger partial charge on any atom is -0.382 e. The summed E-state index contributed by atoms with van der Waals surface area (Å²) >= 11 is 0. The van der Waals surface area contributed by atoms with Crippen LogP contribution >= 0.6 is 0 Å². The Labute approximate surface area is 177 Å². The number of nitrogens with one attached hydrogen (secondary N) is 3. The average molecular weight is 417 g/mol. The van der Waals surface area contributed by atoms with Crippen molar-refractivity contribution in [2.24, 2.45) is 0 Å². The maximum atomic E-state index is 12.9. The Bertz CT molecular complexity index is 1230. The molecule has 0 saturated heterocycles. The van der Waals surface area contributed by atoms with Crippen LogP contribution in [0.4, 0.5) is 10.2 Å². The van der Waals surface area contributed by atoms with Crippen molar-refractivity contribution in [2.45, 2.75) is 0 Å². The lowest BCUT2D eigenvalue weighted by Crippen LogP contribution is -2.34. The molecule has 5 N–H and O–H groups in total. The molecular formula is C23H20FN5O2. The Hall–Kier alpha value is -4.20. The first-order chi connectivity index (χ1) is 15.0. The number of carbonyl (C=O) groups is 2. The number of hydrogen-bond acceptors (Lipinski definition) is 4. The van der Waals surface area contributed by atoms with E-state index in [9.17, 15) is 14.0 Å². The quantitative estimate of drug-likeness (QED) is 0.361. The smallest absolute Gasteiger partial charge is 0.251 e. The number of aromatic amines is 1. The molecule has 0 atom stereocenters. The molecule has 7 nitrogen and oxygen atoms in total. The molecule has 0 aliphatic heterocycles. The Morgan fingerprint density at radius 3 is 2.00 bits per heavy atom. The van der Waals surface area contributed by atoms with Gasteiger partial charge < -0.3 is 16.4 Å². The SMILES string of the molecule is Nc1n[nH]c2cc(-c3ccc(C(=O)NCCNC(=O)c4ccc(F)cc4)cc3)ccc12. The summed E-state index contributed by atoms with van der Waals surface area (Å²) in [5.74, 6) is -0.502. The van der Waals surface area contributed by atoms with E-state index in [-0.39, 0.29) is 24.9 Å². The van der Waals surface area contributed by atoms with Crippen LogP contribution in [0.2, 0.25) is 0 Å². The number of anilines is 1. The van der Waals surface area contributed by atoms with Crippen LogP contribution in [0, 0.1) is 5.82 Å². The van der Waals surface area contributed by atoms with Gasteiger partial charge in [-0.25, -0.2) is 4.39 Å². The van der Waals surface area contributed by atoms with E-state index in [0.29, 0.717) is 16.9 Å². The Kier molecular flexibility index (Phi) is 5.61. The van der Waals surface area contributed by atoms with Crippen molar-refractivity contribution in [3.05, 3.63) is 83.7 Å². The van der Waals surface area contributed by atoms with E-state index in [4.69, 9.17) is 5.73 Å². The normalized spacial score (nSPS) is 10.7. The third kappa shape index (κ3) is 4.53. The predicted molar refractivity (Wildman–Crippen MR) is 117 cm³/mol. The van der Waals surface area contributed by atoms with Crippen molar-refractivity contribution < 1.29 is 14.0 Å². The molecule has 4 rings (SSSR count). The van der Waals surface area contributed by atoms with E-state index in [0.717, 1.165) is 22.0 Å². The second-order valence-corrected chi connectivity index (χ2v) is 6.97. The molecule has 0 bridgehead atoms. The third-order valence-corrected chi connectivity index (χ3v) is 4.88. The maximum Gasteiger partial charge on any atom is 0.251 e. The van der Waals surface area contributed by atoms with Gasteiger partial charge in [0.1, 0.15) is 5.82 Å². The van der Waals surface area contributed by atoms with E-state index in [2.05, 4.69) is 20.8 Å². The van der Waals surface area contributed by atoms with Crippen LogP contribution in [0.5, 0.6) is 0 Å². The van der Waals surface area contributed by atoms with Gasteiger partial charge in [-0.05, 0) is 59.7 Å². The lowest BCUT2D eigenvalue weighted by Gasteiger charge is -2.08. The zero-order chi connectivity index (χ0) is 21.8. The molecule has 0 fully saturated rings. The van der Waals surface area contributed by atoms with Gasteiger partial charge in [0.2, 0.25) is 0 Å². The number of amides is 2. The van der Waals surface area contributed by atoms with Gasteiger partial charge in [0.05, 0.1) is 5.52 Å². The first-order valence-corrected chi connectivity index (χ1v) is 9.67. The van der Waals surface area contributed by atoms with Crippen molar-refractivity contribution in [1.82, 2.24) is 20.8 Å². The predicted octanol–water partition coefficient (Wildman–Crippen LogP) is 3.11. The van der Waals surface area contributed by atoms with Gasteiger partial charge >= 0.3 is 0 Å². The van der Waals surface area contributed by atoms with Crippen molar-refractivity contribution in [3.8, 4) is 11.1 Å². The molecule has 3 aromatic carbocycles. The molecule has 8 heteroatoms. The average Bonchev–Trinajstić information content (AvgIpc) is 3.17. The van der Waals surface area contributed by atoms with Gasteiger partial charge in [-0.3, -0.25) is 14.7 Å². The highest BCUT2D eigenvalue weighted by atomic mass is 19.1. The van der Waals surface area contributed by atoms with Crippen LogP contribution in [-0.4, -0.2) is 35.1 Å². The standard InChI is InChI=1S/C23H20FN5O2/c24-18-8-5-16(6-9-18)23(31)27-12-11-26-22(30)15-3-1-14(2-4-15)17-7-10-19-20(13-17)28-29-21(19)25/h1-10,13H,11-12H2,(H,26,30)(H,27,31)(H3,25,28,29). The van der Waals surface area contributed by atoms with Gasteiger partial charge in [-0.15, -0.1) is 0 Å². The Morgan fingerprint density at radius 1 is 0.839 bits per heavy atom. The highest BCUT2D eigenvalue weighted by Crippen LogP contribution is 2.26. The van der Waals surface area contributed by atoms with Crippen molar-refractivity contribution >= 4 is 28.5 Å². The molecule has 0 spiro atoms. The number of carbonyl (C=O) groups excluding carboxylic acids is 2. The highest BCUT2D eigenvalue weighted by molar-refractivity contribution is 5.96. The number of nitrogen functional groups attached to an aromatic ring is 1. The number of rotatable bonds is 6. The number of fused-ring (bicyclic) bond motifs is 1. The summed E-state index contributed by atoms with van der Waals surface area (Å²) in [6.45, 7) is 0.527. The molecule has 0 saturated carbocycles. The summed E-state index contributed by atoms with van der Waals surface area (Å²) in [6, 6.07) is 18.3. The van der Waals surface area contributed by atoms with Crippen LogP contribution in [-0.2, 0) is 0 Å². The monoisotopic (exact) mass is 417 g/mol. The molecule has 31 heavy (non-hydrogen) atoms. The number of nitrogens with zero attached hydrogens (tertiary/aromatic N) is 1. The third-order valence-electron chi connectivity index (χ3n) is 4.88. The van der Waals surface area contributed by atoms with Crippen LogP contribution in [0.1, 0.15) is 20.7 Å². The van der Waals surface area contributed by atoms with E-state index in [1.807, 2.05) is 30.3 Å². The van der Waals surface area contributed by atoms with Gasteiger partial charge in [0, 0.05) is 29.6 Å². The summed E-state index contributed by atoms with van der Waals surface area (Å²) in [5.41, 5.74) is 9.45. The van der Waals surface area contributed by atoms with Gasteiger partial charge in [-0.2, -0.15) is 5.10 Å². The lowest BCUT2D eigenvalue weighted by molar-refractivity contribution is 0.0927. The Morgan fingerprint density at radius 2 is 1.39 bits per heavy atom. The number of benzene rings is 3. The zero-order valence-corrected chi connectivity index (χ0v) is 16.5. The zero-order valence-electron chi connectivity index (χ0n) is 16.5. The van der Waals surface area contributed by atoms with Gasteiger partial charge in [0.15, 0.2) is 5.82 Å². The number of nitrogens with two attached hydrogens (primary N) is 1. The van der Waals surface area contributed by atoms with Crippen molar-refractivity contribution in [1.29, 1.82) is 0 Å². The van der Waals surface area contributed by atoms with Crippen molar-refractivity contribution in [2.75, 3.05) is 18.8 Å². The second kappa shape index (κ2) is 8.66. The second-order valence-electron chi connectivity index (χ2n) is 6.97. The van der Waals surface area contributed by atoms with E-state index in [1.54, 1.807) is 12.1 Å². The largest absolute Gasteiger partial charge is 0.382 e. The fourth-order valence-electron chi connectivity index (χ4n) is 3.19. The number of aromatic nitrogens is 2. The maximum absolute atomic E-state index is 12.9. The van der Waals surface area contributed by atoms with E-state index < -0.39 is 5.82 Å². The fourth-order valence-corrected chi connectivity index (χ4v) is 3.19. The molecule has 0 unspecified atom stereocenters. The molecule has 1 aromatic heterocycles. The first kappa shape index (κ1) is 20.1. The molecule has 1 heterocycles. The van der Waals surface area contributed by atoms with Crippen LogP contribution in [0.25, 0.3) is 22.0 Å². The molecule has 0 aliphatic carbocycles. The van der Waals surface area contributed by atoms with E-state index in [1.165, 1.54) is 24.3 Å². The molecule has 0 radical (unpaired) electrons. The summed E-state index contributed by atoms with van der Waals surface area (Å²) in [4.78, 5) is 24.3. The van der Waals surface area contributed by atoms with Crippen LogP contribution in [0.15, 0.2) is 66.7 Å². The van der Waals surface area contributed by atoms with Gasteiger partial charge in [-0.1, -0.05) is 18.2 Å². The summed E-state index contributed by atoms with van der Waals surface area (Å²) in [7, 11) is 0. The van der Waals surface area contributed by atoms with Crippen LogP contribution < -0.4 is 16.4 Å². The summed E-state index contributed by atoms with van der Waals surface area (Å²) < 4.78 is 12.9. The fraction of sp³-hybridized carbons (Fsp3) is 0.0870. The molecular weight excluding hydrogens is 397 g/mol. The minimum atomic E-state index is -0.401. The van der Waals surface area contributed by atoms with E-state index >= 15 is 0 Å². The van der Waals surface area contributed by atoms with Crippen LogP contribution in [0.3, 0.4) is 0 Å². The first-order valence-electron chi connectivity index (χ1n) is 9.67. The molecule has 0 aliphatic rings. The highest BCUT2D eigenvalue weighted by Gasteiger charge is 2.09. The van der Waals surface area contributed by atoms with Gasteiger partial charge in [0.25, 0.3) is 11.8 Å².